The van der Waals surface area contributed by atoms with Crippen LogP contribution in [0.1, 0.15) is 54.4 Å². The van der Waals surface area contributed by atoms with E-state index in [0.29, 0.717) is 12.5 Å². The van der Waals surface area contributed by atoms with E-state index in [1.165, 1.54) is 19.1 Å². The number of halogens is 3. The van der Waals surface area contributed by atoms with Gasteiger partial charge in [-0.2, -0.15) is 9.97 Å². The molecule has 2 atom stereocenters. The van der Waals surface area contributed by atoms with E-state index in [1.54, 1.807) is 20.8 Å². The summed E-state index contributed by atoms with van der Waals surface area (Å²) in [5, 5.41) is 23.9. The van der Waals surface area contributed by atoms with Crippen LogP contribution in [0.2, 0.25) is 15.7 Å². The molecule has 0 bridgehead atoms. The molecule has 0 fully saturated rings. The molecule has 0 saturated carbocycles. The zero-order valence-corrected chi connectivity index (χ0v) is 27.2. The minimum Gasteiger partial charge on any atom is -0.468 e. The van der Waals surface area contributed by atoms with Crippen molar-refractivity contribution < 1.29 is 28.9 Å². The van der Waals surface area contributed by atoms with Gasteiger partial charge >= 0.3 is 23.3 Å². The van der Waals surface area contributed by atoms with Crippen molar-refractivity contribution in [1.29, 1.82) is 0 Å². The number of anilines is 1. The first-order valence-electron chi connectivity index (χ1n) is 12.7. The van der Waals surface area contributed by atoms with Gasteiger partial charge in [0.05, 0.1) is 24.1 Å². The standard InChI is InChI=1S/C12H17ClN4O4.C8H17NO2.C4HCl2N3O2/c1-5-8(11(18)21-4)16(7(2)3)10-9(17(19)20)6-14-12(13)15-10;1-5-7(8(10)11-4)9-6(2)3;5-3-2(9(10)11)1-7-4(6)8-3/h6-8H,5H2,1-4H3;6-7,9H,5H2,1-4H3;1H/t8-;7-;/m11./s1. The number of carbonyl (C=O) groups excluding carboxylic acids is 2. The van der Waals surface area contributed by atoms with E-state index in [1.807, 2.05) is 20.8 Å². The van der Waals surface area contributed by atoms with Crippen molar-refractivity contribution in [1.82, 2.24) is 25.3 Å². The maximum absolute atomic E-state index is 11.9. The van der Waals surface area contributed by atoms with Gasteiger partial charge in [-0.1, -0.05) is 39.3 Å². The van der Waals surface area contributed by atoms with Gasteiger partial charge in [0.15, 0.2) is 0 Å². The fraction of sp³-hybridized carbons (Fsp3) is 0.583. The van der Waals surface area contributed by atoms with E-state index in [0.717, 1.165) is 18.8 Å². The lowest BCUT2D eigenvalue weighted by Gasteiger charge is -2.33. The van der Waals surface area contributed by atoms with Gasteiger partial charge in [-0.3, -0.25) is 25.0 Å². The van der Waals surface area contributed by atoms with E-state index >= 15 is 0 Å². The predicted molar refractivity (Wildman–Crippen MR) is 160 cm³/mol. The number of rotatable bonds is 11. The Kier molecular flexibility index (Phi) is 18.1. The largest absolute Gasteiger partial charge is 0.468 e. The molecule has 0 aliphatic heterocycles. The van der Waals surface area contributed by atoms with Crippen LogP contribution in [0.4, 0.5) is 17.2 Å². The fourth-order valence-corrected chi connectivity index (χ4v) is 3.89. The Labute approximate surface area is 263 Å². The number of nitrogens with zero attached hydrogens (tertiary/aromatic N) is 7. The molecule has 0 saturated heterocycles. The molecule has 2 heterocycles. The number of nitrogens with one attached hydrogen (secondary N) is 1. The second-order valence-corrected chi connectivity index (χ2v) is 9.96. The molecule has 2 rings (SSSR count). The summed E-state index contributed by atoms with van der Waals surface area (Å²) in [5.41, 5.74) is -0.661. The van der Waals surface area contributed by atoms with Crippen molar-refractivity contribution >= 4 is 63.9 Å². The fourth-order valence-electron chi connectivity index (χ4n) is 3.38. The maximum atomic E-state index is 11.9. The lowest BCUT2D eigenvalue weighted by Crippen LogP contribution is -2.46. The van der Waals surface area contributed by atoms with E-state index < -0.39 is 21.9 Å². The topological polar surface area (TPSA) is 206 Å². The van der Waals surface area contributed by atoms with E-state index in [4.69, 9.17) is 39.5 Å². The number of carbonyl (C=O) groups is 2. The Morgan fingerprint density at radius 1 is 0.884 bits per heavy atom. The van der Waals surface area contributed by atoms with Crippen molar-refractivity contribution in [2.45, 2.75) is 78.6 Å². The summed E-state index contributed by atoms with van der Waals surface area (Å²) in [7, 11) is 2.68. The molecule has 0 radical (unpaired) electrons. The van der Waals surface area contributed by atoms with Crippen LogP contribution >= 0.6 is 34.8 Å². The van der Waals surface area contributed by atoms with Crippen molar-refractivity contribution in [3.8, 4) is 0 Å². The highest BCUT2D eigenvalue weighted by molar-refractivity contribution is 6.33. The average Bonchev–Trinajstić information content (AvgIpc) is 2.93. The third kappa shape index (κ3) is 13.1. The molecule has 2 aromatic heterocycles. The molecule has 0 aromatic carbocycles. The second-order valence-electron chi connectivity index (χ2n) is 8.93. The number of aromatic nitrogens is 4. The third-order valence-electron chi connectivity index (χ3n) is 5.23. The summed E-state index contributed by atoms with van der Waals surface area (Å²) >= 11 is 16.4. The summed E-state index contributed by atoms with van der Waals surface area (Å²) in [4.78, 5) is 58.7. The van der Waals surface area contributed by atoms with E-state index in [9.17, 15) is 29.8 Å². The van der Waals surface area contributed by atoms with Gasteiger partial charge in [-0.05, 0) is 49.9 Å². The highest BCUT2D eigenvalue weighted by Crippen LogP contribution is 2.30. The van der Waals surface area contributed by atoms with Gasteiger partial charge in [0.2, 0.25) is 21.5 Å². The number of methoxy groups -OCH3 is 2. The highest BCUT2D eigenvalue weighted by atomic mass is 35.5. The monoisotopic (exact) mass is 668 g/mol. The zero-order chi connectivity index (χ0) is 33.4. The summed E-state index contributed by atoms with van der Waals surface area (Å²) in [6.45, 7) is 11.3. The van der Waals surface area contributed by atoms with Crippen LogP contribution in [-0.2, 0) is 19.1 Å². The second kappa shape index (κ2) is 19.7. The number of esters is 2. The molecular formula is C24H35Cl3N8O8. The first-order valence-corrected chi connectivity index (χ1v) is 13.9. The Hall–Kier alpha value is -3.47. The summed E-state index contributed by atoms with van der Waals surface area (Å²) in [6, 6.07) is -0.752. The normalized spacial score (nSPS) is 11.7. The molecule has 1 N–H and O–H groups in total. The quantitative estimate of drug-likeness (QED) is 0.112. The Balaban J connectivity index is 0.000000677. The molecule has 2 aromatic rings. The summed E-state index contributed by atoms with van der Waals surface area (Å²) < 4.78 is 9.36. The van der Waals surface area contributed by atoms with Crippen LogP contribution in [0, 0.1) is 20.2 Å². The van der Waals surface area contributed by atoms with Gasteiger partial charge in [-0.15, -0.1) is 0 Å². The first kappa shape index (κ1) is 39.5. The lowest BCUT2D eigenvalue weighted by molar-refractivity contribution is -0.385. The molecule has 240 valence electrons. The average molecular weight is 670 g/mol. The SMILES string of the molecule is CC[C@@H](NC(C)C)C(=O)OC.CC[C@H](C(=O)OC)N(c1nc(Cl)ncc1[N+](=O)[O-])C(C)C.O=[N+]([O-])c1cnc(Cl)nc1Cl. The van der Waals surface area contributed by atoms with Crippen molar-refractivity contribution in [3.63, 3.8) is 0 Å². The Morgan fingerprint density at radius 2 is 1.37 bits per heavy atom. The molecular weight excluding hydrogens is 635 g/mol. The molecule has 0 spiro atoms. The van der Waals surface area contributed by atoms with Gasteiger partial charge in [0, 0.05) is 12.1 Å². The predicted octanol–water partition coefficient (Wildman–Crippen LogP) is 4.83. The smallest absolute Gasteiger partial charge is 0.329 e. The maximum Gasteiger partial charge on any atom is 0.329 e. The molecule has 19 heteroatoms. The van der Waals surface area contributed by atoms with E-state index in [2.05, 4.69) is 30.0 Å². The molecule has 0 unspecified atom stereocenters. The van der Waals surface area contributed by atoms with Crippen molar-refractivity contribution in [3.05, 3.63) is 48.3 Å². The minimum absolute atomic E-state index is 0.00671. The number of nitro groups is 2. The van der Waals surface area contributed by atoms with E-state index in [-0.39, 0.29) is 51.0 Å². The summed E-state index contributed by atoms with van der Waals surface area (Å²) in [6.07, 6.45) is 3.16. The lowest BCUT2D eigenvalue weighted by atomic mass is 10.1. The van der Waals surface area contributed by atoms with Crippen LogP contribution in [0.3, 0.4) is 0 Å². The zero-order valence-electron chi connectivity index (χ0n) is 24.9. The van der Waals surface area contributed by atoms with Gasteiger partial charge in [0.25, 0.3) is 0 Å². The van der Waals surface area contributed by atoms with Gasteiger partial charge in [0.1, 0.15) is 24.5 Å². The van der Waals surface area contributed by atoms with Crippen LogP contribution in [-0.4, -0.2) is 80.1 Å². The van der Waals surface area contributed by atoms with Crippen molar-refractivity contribution in [2.75, 3.05) is 19.1 Å². The number of ether oxygens (including phenoxy) is 2. The number of hydrogen-bond donors (Lipinski definition) is 1. The number of hydrogen-bond acceptors (Lipinski definition) is 14. The molecule has 0 amide bonds. The van der Waals surface area contributed by atoms with Crippen molar-refractivity contribution in [2.24, 2.45) is 0 Å². The third-order valence-corrected chi connectivity index (χ3v) is 5.88. The first-order chi connectivity index (χ1) is 20.0. The van der Waals surface area contributed by atoms with Crippen LogP contribution < -0.4 is 10.2 Å². The Morgan fingerprint density at radius 3 is 1.74 bits per heavy atom. The van der Waals surface area contributed by atoms with Gasteiger partial charge < -0.3 is 19.7 Å². The summed E-state index contributed by atoms with van der Waals surface area (Å²) in [5.74, 6) is -0.663. The van der Waals surface area contributed by atoms with Gasteiger partial charge in [-0.25, -0.2) is 14.8 Å². The van der Waals surface area contributed by atoms with Crippen LogP contribution in [0.25, 0.3) is 0 Å². The minimum atomic E-state index is -0.695. The Bertz CT molecular complexity index is 1240. The highest BCUT2D eigenvalue weighted by Gasteiger charge is 2.33. The molecule has 0 aliphatic carbocycles. The molecule has 16 nitrogen and oxygen atoms in total. The van der Waals surface area contributed by atoms with Crippen LogP contribution in [0.5, 0.6) is 0 Å². The van der Waals surface area contributed by atoms with Crippen LogP contribution in [0.15, 0.2) is 12.4 Å². The molecule has 43 heavy (non-hydrogen) atoms. The molecule has 0 aliphatic rings.